The van der Waals surface area contributed by atoms with Crippen molar-refractivity contribution in [2.75, 3.05) is 0 Å². The first-order chi connectivity index (χ1) is 14.2. The molecule has 2 nitrogen and oxygen atoms in total. The van der Waals surface area contributed by atoms with Gasteiger partial charge in [0.25, 0.3) is 0 Å². The average molecular weight is 403 g/mol. The van der Waals surface area contributed by atoms with Gasteiger partial charge in [-0.15, -0.1) is 0 Å². The number of hydrogen-bond donors (Lipinski definition) is 2. The van der Waals surface area contributed by atoms with Gasteiger partial charge in [0.2, 0.25) is 0 Å². The van der Waals surface area contributed by atoms with Gasteiger partial charge in [-0.1, -0.05) is 122 Å². The molecule has 1 rings (SSSR count). The van der Waals surface area contributed by atoms with Crippen molar-refractivity contribution in [1.82, 2.24) is 0 Å². The van der Waals surface area contributed by atoms with Gasteiger partial charge in [-0.05, 0) is 30.5 Å². The summed E-state index contributed by atoms with van der Waals surface area (Å²) in [5.41, 5.74) is 0.856. The summed E-state index contributed by atoms with van der Waals surface area (Å²) in [6.45, 7) is 2.29. The Hall–Kier alpha value is -1.44. The van der Waals surface area contributed by atoms with Crippen LogP contribution in [0.3, 0.4) is 0 Å². The van der Waals surface area contributed by atoms with Crippen molar-refractivity contribution in [3.8, 4) is 11.5 Å². The Morgan fingerprint density at radius 1 is 0.552 bits per heavy atom. The van der Waals surface area contributed by atoms with Gasteiger partial charge in [0.15, 0.2) is 0 Å². The SMILES string of the molecule is CCCCCCCCCCCCCCCCCCC/C=C/c1cc(O)cc(O)c1. The molecule has 0 heterocycles. The smallest absolute Gasteiger partial charge is 0.119 e. The molecule has 1 aromatic rings. The maximum Gasteiger partial charge on any atom is 0.119 e. The molecule has 0 bridgehead atoms. The zero-order valence-corrected chi connectivity index (χ0v) is 19.0. The fraction of sp³-hybridized carbons (Fsp3) is 0.704. The number of hydrogen-bond acceptors (Lipinski definition) is 2. The molecule has 0 aliphatic carbocycles. The van der Waals surface area contributed by atoms with Crippen LogP contribution in [0.4, 0.5) is 0 Å². The minimum Gasteiger partial charge on any atom is -0.508 e. The molecule has 0 aliphatic heterocycles. The third-order valence-corrected chi connectivity index (χ3v) is 5.71. The van der Waals surface area contributed by atoms with Crippen LogP contribution in [0, 0.1) is 0 Å². The maximum absolute atomic E-state index is 9.46. The van der Waals surface area contributed by atoms with E-state index in [-0.39, 0.29) is 11.5 Å². The van der Waals surface area contributed by atoms with E-state index in [0.29, 0.717) is 0 Å². The molecule has 0 unspecified atom stereocenters. The molecule has 2 N–H and O–H groups in total. The largest absolute Gasteiger partial charge is 0.508 e. The molecular weight excluding hydrogens is 356 g/mol. The van der Waals surface area contributed by atoms with E-state index < -0.39 is 0 Å². The summed E-state index contributed by atoms with van der Waals surface area (Å²) in [5, 5.41) is 18.9. The molecule has 0 aromatic heterocycles. The Balaban J connectivity index is 1.79. The van der Waals surface area contributed by atoms with Gasteiger partial charge in [0.05, 0.1) is 0 Å². The summed E-state index contributed by atoms with van der Waals surface area (Å²) >= 11 is 0. The second kappa shape index (κ2) is 18.6. The number of phenols is 2. The van der Waals surface area contributed by atoms with Crippen LogP contribution in [0.2, 0.25) is 0 Å². The van der Waals surface area contributed by atoms with Crippen LogP contribution < -0.4 is 0 Å². The van der Waals surface area contributed by atoms with Crippen molar-refractivity contribution in [3.63, 3.8) is 0 Å². The van der Waals surface area contributed by atoms with E-state index in [1.54, 1.807) is 12.1 Å². The van der Waals surface area contributed by atoms with Gasteiger partial charge in [-0.25, -0.2) is 0 Å². The quantitative estimate of drug-likeness (QED) is 0.226. The van der Waals surface area contributed by atoms with E-state index in [1.807, 2.05) is 6.08 Å². The number of phenolic OH excluding ortho intramolecular Hbond substituents is 2. The second-order valence-electron chi connectivity index (χ2n) is 8.63. The monoisotopic (exact) mass is 402 g/mol. The van der Waals surface area contributed by atoms with E-state index in [4.69, 9.17) is 0 Å². The fourth-order valence-corrected chi connectivity index (χ4v) is 3.92. The second-order valence-corrected chi connectivity index (χ2v) is 8.63. The highest BCUT2D eigenvalue weighted by Crippen LogP contribution is 2.21. The zero-order valence-electron chi connectivity index (χ0n) is 19.0. The number of aromatic hydroxyl groups is 2. The van der Waals surface area contributed by atoms with Gasteiger partial charge in [-0.3, -0.25) is 0 Å². The Kier molecular flexibility index (Phi) is 16.4. The Morgan fingerprint density at radius 3 is 1.34 bits per heavy atom. The molecule has 0 saturated heterocycles. The topological polar surface area (TPSA) is 40.5 Å². The highest BCUT2D eigenvalue weighted by molar-refractivity contribution is 5.54. The molecule has 0 atom stereocenters. The molecule has 0 spiro atoms. The van der Waals surface area contributed by atoms with Gasteiger partial charge in [-0.2, -0.15) is 0 Å². The van der Waals surface area contributed by atoms with E-state index in [2.05, 4.69) is 13.0 Å². The third-order valence-electron chi connectivity index (χ3n) is 5.71. The Morgan fingerprint density at radius 2 is 0.931 bits per heavy atom. The Labute approximate surface area is 180 Å². The Bertz CT molecular complexity index is 501. The molecule has 0 aliphatic rings. The van der Waals surface area contributed by atoms with E-state index in [9.17, 15) is 10.2 Å². The number of allylic oxidation sites excluding steroid dienone is 1. The van der Waals surface area contributed by atoms with Crippen molar-refractivity contribution in [2.45, 2.75) is 122 Å². The van der Waals surface area contributed by atoms with Crippen LogP contribution in [0.25, 0.3) is 6.08 Å². The first-order valence-electron chi connectivity index (χ1n) is 12.4. The molecule has 0 radical (unpaired) electrons. The molecule has 0 saturated carbocycles. The minimum absolute atomic E-state index is 0.113. The first kappa shape index (κ1) is 25.6. The van der Waals surface area contributed by atoms with Crippen LogP contribution in [0.15, 0.2) is 24.3 Å². The first-order valence-corrected chi connectivity index (χ1v) is 12.4. The standard InChI is InChI=1S/C27H46O2/c1-2-3-4-5-6-7-8-9-10-11-12-13-14-15-16-17-18-19-20-21-25-22-26(28)24-27(29)23-25/h20-24,28-29H,2-19H2,1H3/b21-20+. The summed E-state index contributed by atoms with van der Waals surface area (Å²) < 4.78 is 0. The molecular formula is C27H46O2. The van der Waals surface area contributed by atoms with Gasteiger partial charge in [0, 0.05) is 6.07 Å². The van der Waals surface area contributed by atoms with Crippen LogP contribution >= 0.6 is 0 Å². The van der Waals surface area contributed by atoms with Gasteiger partial charge >= 0.3 is 0 Å². The normalized spacial score (nSPS) is 11.5. The van der Waals surface area contributed by atoms with Crippen molar-refractivity contribution in [3.05, 3.63) is 29.8 Å². The van der Waals surface area contributed by atoms with Crippen LogP contribution in [-0.2, 0) is 0 Å². The molecule has 0 amide bonds. The number of benzene rings is 1. The molecule has 0 fully saturated rings. The molecule has 2 heteroatoms. The predicted octanol–water partition coefficient (Wildman–Crippen LogP) is 9.15. The summed E-state index contributed by atoms with van der Waals surface area (Å²) in [6.07, 6.45) is 29.0. The summed E-state index contributed by atoms with van der Waals surface area (Å²) in [4.78, 5) is 0. The third kappa shape index (κ3) is 16.1. The van der Waals surface area contributed by atoms with Crippen molar-refractivity contribution >= 4 is 6.08 Å². The minimum atomic E-state index is 0.113. The fourth-order valence-electron chi connectivity index (χ4n) is 3.92. The number of rotatable bonds is 19. The number of unbranched alkanes of at least 4 members (excludes halogenated alkanes) is 17. The van der Waals surface area contributed by atoms with E-state index in [0.717, 1.165) is 12.0 Å². The maximum atomic E-state index is 9.46. The highest BCUT2D eigenvalue weighted by atomic mass is 16.3. The van der Waals surface area contributed by atoms with Gasteiger partial charge < -0.3 is 10.2 Å². The highest BCUT2D eigenvalue weighted by Gasteiger charge is 1.96. The molecule has 29 heavy (non-hydrogen) atoms. The lowest BCUT2D eigenvalue weighted by atomic mass is 10.0. The van der Waals surface area contributed by atoms with Crippen molar-refractivity contribution in [2.24, 2.45) is 0 Å². The van der Waals surface area contributed by atoms with Crippen LogP contribution in [0.5, 0.6) is 11.5 Å². The molecule has 166 valence electrons. The summed E-state index contributed by atoms with van der Waals surface area (Å²) in [5.74, 6) is 0.227. The lowest BCUT2D eigenvalue weighted by molar-refractivity contribution is 0.450. The summed E-state index contributed by atoms with van der Waals surface area (Å²) in [7, 11) is 0. The van der Waals surface area contributed by atoms with E-state index >= 15 is 0 Å². The lowest BCUT2D eigenvalue weighted by Crippen LogP contribution is -1.83. The summed E-state index contributed by atoms with van der Waals surface area (Å²) in [6, 6.07) is 4.70. The van der Waals surface area contributed by atoms with Gasteiger partial charge in [0.1, 0.15) is 11.5 Å². The predicted molar refractivity (Wildman–Crippen MR) is 128 cm³/mol. The van der Waals surface area contributed by atoms with Crippen LogP contribution in [-0.4, -0.2) is 10.2 Å². The average Bonchev–Trinajstić information content (AvgIpc) is 2.69. The van der Waals surface area contributed by atoms with Crippen molar-refractivity contribution < 1.29 is 10.2 Å². The van der Waals surface area contributed by atoms with Crippen LogP contribution in [0.1, 0.15) is 128 Å². The zero-order chi connectivity index (χ0) is 21.0. The van der Waals surface area contributed by atoms with E-state index in [1.165, 1.54) is 115 Å². The van der Waals surface area contributed by atoms with Crippen molar-refractivity contribution in [1.29, 1.82) is 0 Å². The molecule has 1 aromatic carbocycles. The lowest BCUT2D eigenvalue weighted by Gasteiger charge is -2.03.